The molecule has 11 heteroatoms. The van der Waals surface area contributed by atoms with E-state index in [1.807, 2.05) is 0 Å². The fourth-order valence-corrected chi connectivity index (χ4v) is 3.56. The molecule has 1 amide bonds. The summed E-state index contributed by atoms with van der Waals surface area (Å²) in [5, 5.41) is 22.9. The standard InChI is InChI=1S/C22H19ClF2N6O2/c1-14(29-21(32)15-9-27-31(10-15)18-5-2-16(23)3-6-18)22(33,11-30-13-26-12-28-30)19-7-4-17(24)8-20(19)25/h2-10,12-14,33H,11H2,1H3,(H,29,32)/t14-,22-/m1/s1. The van der Waals surface area contributed by atoms with Crippen LogP contribution in [0.1, 0.15) is 22.8 Å². The van der Waals surface area contributed by atoms with E-state index in [9.17, 15) is 18.7 Å². The van der Waals surface area contributed by atoms with Gasteiger partial charge >= 0.3 is 0 Å². The lowest BCUT2D eigenvalue weighted by atomic mass is 9.86. The maximum absolute atomic E-state index is 14.6. The Morgan fingerprint density at radius 2 is 1.97 bits per heavy atom. The average molecular weight is 473 g/mol. The van der Waals surface area contributed by atoms with Crippen molar-refractivity contribution in [2.75, 3.05) is 0 Å². The van der Waals surface area contributed by atoms with Gasteiger partial charge in [-0.25, -0.2) is 23.1 Å². The SMILES string of the molecule is C[C@@H](NC(=O)c1cnn(-c2ccc(Cl)cc2)c1)[C@](O)(Cn1cncn1)c1ccc(F)cc1F. The maximum atomic E-state index is 14.6. The van der Waals surface area contributed by atoms with Crippen LogP contribution in [0.2, 0.25) is 5.02 Å². The van der Waals surface area contributed by atoms with Crippen molar-refractivity contribution < 1.29 is 18.7 Å². The Labute approximate surface area is 192 Å². The first-order chi connectivity index (χ1) is 15.8. The largest absolute Gasteiger partial charge is 0.381 e. The van der Waals surface area contributed by atoms with Crippen LogP contribution in [0.15, 0.2) is 67.5 Å². The van der Waals surface area contributed by atoms with Crippen molar-refractivity contribution in [3.63, 3.8) is 0 Å². The number of amides is 1. The van der Waals surface area contributed by atoms with Crippen molar-refractivity contribution in [2.24, 2.45) is 0 Å². The number of halogens is 3. The van der Waals surface area contributed by atoms with Gasteiger partial charge in [0.2, 0.25) is 0 Å². The molecule has 170 valence electrons. The number of benzene rings is 2. The molecule has 2 aromatic heterocycles. The lowest BCUT2D eigenvalue weighted by molar-refractivity contribution is -0.0186. The third-order valence-electron chi connectivity index (χ3n) is 5.27. The number of hydrogen-bond donors (Lipinski definition) is 2. The van der Waals surface area contributed by atoms with Crippen molar-refractivity contribution in [3.8, 4) is 5.69 Å². The van der Waals surface area contributed by atoms with Crippen LogP contribution >= 0.6 is 11.6 Å². The fourth-order valence-electron chi connectivity index (χ4n) is 3.43. The minimum atomic E-state index is -1.96. The second-order valence-electron chi connectivity index (χ2n) is 7.49. The minimum absolute atomic E-state index is 0.191. The zero-order valence-corrected chi connectivity index (χ0v) is 18.1. The molecule has 0 radical (unpaired) electrons. The first-order valence-corrected chi connectivity index (χ1v) is 10.3. The van der Waals surface area contributed by atoms with Gasteiger partial charge in [-0.15, -0.1) is 0 Å². The van der Waals surface area contributed by atoms with E-state index in [4.69, 9.17) is 11.6 Å². The molecule has 0 aliphatic heterocycles. The average Bonchev–Trinajstić information content (AvgIpc) is 3.46. The van der Waals surface area contributed by atoms with Crippen LogP contribution in [0.25, 0.3) is 5.69 Å². The predicted octanol–water partition coefficient (Wildman–Crippen LogP) is 3.10. The van der Waals surface area contributed by atoms with E-state index in [1.165, 1.54) is 41.3 Å². The summed E-state index contributed by atoms with van der Waals surface area (Å²) in [6, 6.07) is 8.73. The van der Waals surface area contributed by atoms with E-state index in [2.05, 4.69) is 20.5 Å². The minimum Gasteiger partial charge on any atom is -0.381 e. The van der Waals surface area contributed by atoms with Crippen LogP contribution in [0, 0.1) is 11.6 Å². The van der Waals surface area contributed by atoms with E-state index in [-0.39, 0.29) is 17.7 Å². The Morgan fingerprint density at radius 1 is 1.21 bits per heavy atom. The van der Waals surface area contributed by atoms with E-state index in [0.717, 1.165) is 12.1 Å². The molecule has 2 heterocycles. The van der Waals surface area contributed by atoms with E-state index >= 15 is 0 Å². The van der Waals surface area contributed by atoms with Gasteiger partial charge in [0.05, 0.1) is 30.0 Å². The number of rotatable bonds is 7. The number of nitrogens with one attached hydrogen (secondary N) is 1. The Balaban J connectivity index is 1.59. The summed E-state index contributed by atoms with van der Waals surface area (Å²) in [6.45, 7) is 1.28. The van der Waals surface area contributed by atoms with Crippen LogP contribution in [-0.4, -0.2) is 41.6 Å². The molecule has 0 saturated heterocycles. The third-order valence-corrected chi connectivity index (χ3v) is 5.52. The van der Waals surface area contributed by atoms with Crippen LogP contribution in [0.4, 0.5) is 8.78 Å². The van der Waals surface area contributed by atoms with Crippen LogP contribution in [0.3, 0.4) is 0 Å². The summed E-state index contributed by atoms with van der Waals surface area (Å²) >= 11 is 5.90. The van der Waals surface area contributed by atoms with E-state index in [1.54, 1.807) is 24.3 Å². The lowest BCUT2D eigenvalue weighted by Crippen LogP contribution is -2.51. The van der Waals surface area contributed by atoms with Crippen LogP contribution < -0.4 is 5.32 Å². The topological polar surface area (TPSA) is 97.9 Å². The van der Waals surface area contributed by atoms with Crippen molar-refractivity contribution in [1.82, 2.24) is 29.9 Å². The van der Waals surface area contributed by atoms with Gasteiger partial charge in [0.15, 0.2) is 0 Å². The van der Waals surface area contributed by atoms with Gasteiger partial charge in [0, 0.05) is 22.8 Å². The number of carbonyl (C=O) groups excluding carboxylic acids is 1. The van der Waals surface area contributed by atoms with Gasteiger partial charge < -0.3 is 10.4 Å². The molecule has 0 fully saturated rings. The number of hydrogen-bond acceptors (Lipinski definition) is 5. The summed E-state index contributed by atoms with van der Waals surface area (Å²) < 4.78 is 30.9. The summed E-state index contributed by atoms with van der Waals surface area (Å²) in [5.74, 6) is -2.28. The second-order valence-corrected chi connectivity index (χ2v) is 7.92. The Bertz CT molecular complexity index is 1260. The molecule has 8 nitrogen and oxygen atoms in total. The molecule has 2 aromatic carbocycles. The van der Waals surface area contributed by atoms with E-state index < -0.39 is 29.2 Å². The van der Waals surface area contributed by atoms with Crippen LogP contribution in [-0.2, 0) is 12.1 Å². The third kappa shape index (κ3) is 4.76. The smallest absolute Gasteiger partial charge is 0.254 e. The highest BCUT2D eigenvalue weighted by Gasteiger charge is 2.40. The number of aromatic nitrogens is 5. The number of aliphatic hydroxyl groups is 1. The highest BCUT2D eigenvalue weighted by Crippen LogP contribution is 2.30. The van der Waals surface area contributed by atoms with Crippen molar-refractivity contribution >= 4 is 17.5 Å². The lowest BCUT2D eigenvalue weighted by Gasteiger charge is -2.35. The quantitative estimate of drug-likeness (QED) is 0.431. The number of nitrogens with zero attached hydrogens (tertiary/aromatic N) is 5. The molecule has 4 rings (SSSR count). The molecule has 0 aliphatic carbocycles. The Morgan fingerprint density at radius 3 is 2.64 bits per heavy atom. The van der Waals surface area contributed by atoms with Crippen molar-refractivity contribution in [1.29, 1.82) is 0 Å². The summed E-state index contributed by atoms with van der Waals surface area (Å²) in [7, 11) is 0. The highest BCUT2D eigenvalue weighted by atomic mass is 35.5. The normalized spacial score (nSPS) is 14.0. The van der Waals surface area contributed by atoms with Gasteiger partial charge in [0.25, 0.3) is 5.91 Å². The van der Waals surface area contributed by atoms with E-state index in [0.29, 0.717) is 16.8 Å². The molecule has 2 N–H and O–H groups in total. The fraction of sp³-hybridized carbons (Fsp3) is 0.182. The van der Waals surface area contributed by atoms with Crippen molar-refractivity contribution in [2.45, 2.75) is 25.1 Å². The second kappa shape index (κ2) is 9.08. The molecule has 0 spiro atoms. The summed E-state index contributed by atoms with van der Waals surface area (Å²) in [4.78, 5) is 16.7. The molecular formula is C22H19ClF2N6O2. The van der Waals surface area contributed by atoms with Gasteiger partial charge in [-0.2, -0.15) is 10.2 Å². The molecule has 33 heavy (non-hydrogen) atoms. The van der Waals surface area contributed by atoms with Gasteiger partial charge in [0.1, 0.15) is 29.9 Å². The van der Waals surface area contributed by atoms with Gasteiger partial charge in [-0.3, -0.25) is 4.79 Å². The molecule has 0 bridgehead atoms. The molecular weight excluding hydrogens is 454 g/mol. The molecule has 4 aromatic rings. The molecule has 0 unspecified atom stereocenters. The predicted molar refractivity (Wildman–Crippen MR) is 116 cm³/mol. The monoisotopic (exact) mass is 472 g/mol. The zero-order chi connectivity index (χ0) is 23.6. The molecule has 0 aliphatic rings. The van der Waals surface area contributed by atoms with Gasteiger partial charge in [-0.05, 0) is 37.3 Å². The Hall–Kier alpha value is -3.63. The Kier molecular flexibility index (Phi) is 6.21. The first kappa shape index (κ1) is 22.6. The number of carbonyl (C=O) groups is 1. The highest BCUT2D eigenvalue weighted by molar-refractivity contribution is 6.30. The van der Waals surface area contributed by atoms with Crippen molar-refractivity contribution in [3.05, 3.63) is 95.3 Å². The maximum Gasteiger partial charge on any atom is 0.254 e. The summed E-state index contributed by atoms with van der Waals surface area (Å²) in [6.07, 6.45) is 5.48. The molecule has 2 atom stereocenters. The first-order valence-electron chi connectivity index (χ1n) is 9.88. The van der Waals surface area contributed by atoms with Crippen LogP contribution in [0.5, 0.6) is 0 Å². The van der Waals surface area contributed by atoms with Gasteiger partial charge in [-0.1, -0.05) is 17.7 Å². The molecule has 0 saturated carbocycles. The zero-order valence-electron chi connectivity index (χ0n) is 17.4. The summed E-state index contributed by atoms with van der Waals surface area (Å²) in [5.41, 5.74) is -1.24.